The summed E-state index contributed by atoms with van der Waals surface area (Å²) in [6.45, 7) is 0.540. The zero-order valence-electron chi connectivity index (χ0n) is 6.46. The van der Waals surface area contributed by atoms with E-state index in [0.29, 0.717) is 23.8 Å². The van der Waals surface area contributed by atoms with Gasteiger partial charge in [-0.15, -0.1) is 0 Å². The Morgan fingerprint density at radius 2 is 2.33 bits per heavy atom. The topological polar surface area (TPSA) is 29.5 Å². The van der Waals surface area contributed by atoms with Crippen LogP contribution in [0.25, 0.3) is 0 Å². The molecule has 64 valence electrons. The molecule has 0 aliphatic carbocycles. The SMILES string of the molecule is O[C@H]1CCOc2c(Cl)cccc21. The van der Waals surface area contributed by atoms with Gasteiger partial charge in [-0.25, -0.2) is 0 Å². The van der Waals surface area contributed by atoms with Crippen LogP contribution in [-0.2, 0) is 0 Å². The lowest BCUT2D eigenvalue weighted by molar-refractivity contribution is 0.115. The van der Waals surface area contributed by atoms with Crippen molar-refractivity contribution in [2.75, 3.05) is 6.61 Å². The number of hydrogen-bond acceptors (Lipinski definition) is 2. The smallest absolute Gasteiger partial charge is 0.143 e. The number of rotatable bonds is 0. The number of hydrogen-bond donors (Lipinski definition) is 1. The van der Waals surface area contributed by atoms with E-state index in [2.05, 4.69) is 0 Å². The van der Waals surface area contributed by atoms with Gasteiger partial charge < -0.3 is 9.84 Å². The zero-order valence-corrected chi connectivity index (χ0v) is 7.21. The van der Waals surface area contributed by atoms with Crippen molar-refractivity contribution >= 4 is 11.6 Å². The van der Waals surface area contributed by atoms with Gasteiger partial charge in [0.05, 0.1) is 17.7 Å². The predicted octanol–water partition coefficient (Wildman–Crippen LogP) is 2.16. The van der Waals surface area contributed by atoms with E-state index in [0.717, 1.165) is 5.56 Å². The number of aliphatic hydroxyl groups is 1. The molecule has 0 saturated heterocycles. The minimum absolute atomic E-state index is 0.424. The fourth-order valence-corrected chi connectivity index (χ4v) is 1.60. The van der Waals surface area contributed by atoms with Crippen LogP contribution in [0, 0.1) is 0 Å². The van der Waals surface area contributed by atoms with Crippen molar-refractivity contribution in [3.63, 3.8) is 0 Å². The number of fused-ring (bicyclic) bond motifs is 1. The number of halogens is 1. The molecule has 1 aliphatic heterocycles. The van der Waals surface area contributed by atoms with Gasteiger partial charge in [-0.2, -0.15) is 0 Å². The van der Waals surface area contributed by atoms with E-state index in [9.17, 15) is 5.11 Å². The lowest BCUT2D eigenvalue weighted by Crippen LogP contribution is -2.13. The summed E-state index contributed by atoms with van der Waals surface area (Å²) < 4.78 is 5.33. The van der Waals surface area contributed by atoms with Gasteiger partial charge in [0.2, 0.25) is 0 Å². The fourth-order valence-electron chi connectivity index (χ4n) is 1.37. The Kier molecular flexibility index (Phi) is 1.95. The van der Waals surface area contributed by atoms with Gasteiger partial charge in [0, 0.05) is 12.0 Å². The van der Waals surface area contributed by atoms with Crippen molar-refractivity contribution in [2.45, 2.75) is 12.5 Å². The maximum atomic E-state index is 9.55. The Morgan fingerprint density at radius 3 is 3.08 bits per heavy atom. The lowest BCUT2D eigenvalue weighted by Gasteiger charge is -2.22. The number of ether oxygens (including phenoxy) is 1. The van der Waals surface area contributed by atoms with E-state index in [1.807, 2.05) is 12.1 Å². The van der Waals surface area contributed by atoms with Crippen LogP contribution in [0.2, 0.25) is 5.02 Å². The normalized spacial score (nSPS) is 21.3. The highest BCUT2D eigenvalue weighted by Crippen LogP contribution is 2.37. The molecule has 0 bridgehead atoms. The average Bonchev–Trinajstić information content (AvgIpc) is 2.07. The molecule has 1 aromatic carbocycles. The summed E-state index contributed by atoms with van der Waals surface area (Å²) in [5.74, 6) is 0.637. The molecule has 0 spiro atoms. The molecule has 0 aromatic heterocycles. The second kappa shape index (κ2) is 2.96. The first-order chi connectivity index (χ1) is 5.79. The molecule has 0 unspecified atom stereocenters. The molecule has 2 rings (SSSR count). The van der Waals surface area contributed by atoms with E-state index in [-0.39, 0.29) is 0 Å². The molecule has 1 aliphatic rings. The second-order valence-electron chi connectivity index (χ2n) is 2.81. The van der Waals surface area contributed by atoms with Crippen molar-refractivity contribution in [3.05, 3.63) is 28.8 Å². The van der Waals surface area contributed by atoms with Crippen molar-refractivity contribution in [1.29, 1.82) is 0 Å². The summed E-state index contributed by atoms with van der Waals surface area (Å²) in [5.41, 5.74) is 0.800. The number of para-hydroxylation sites is 1. The van der Waals surface area contributed by atoms with Crippen LogP contribution in [0.4, 0.5) is 0 Å². The van der Waals surface area contributed by atoms with Gasteiger partial charge in [0.1, 0.15) is 5.75 Å². The van der Waals surface area contributed by atoms with Gasteiger partial charge >= 0.3 is 0 Å². The summed E-state index contributed by atoms with van der Waals surface area (Å²) in [6, 6.07) is 5.42. The average molecular weight is 185 g/mol. The first-order valence-corrected chi connectivity index (χ1v) is 4.26. The molecule has 12 heavy (non-hydrogen) atoms. The molecule has 3 heteroatoms. The predicted molar refractivity (Wildman–Crippen MR) is 46.5 cm³/mol. The molecule has 0 fully saturated rings. The molecular weight excluding hydrogens is 176 g/mol. The number of aliphatic hydroxyl groups excluding tert-OH is 1. The largest absolute Gasteiger partial charge is 0.492 e. The third-order valence-corrected chi connectivity index (χ3v) is 2.29. The van der Waals surface area contributed by atoms with Gasteiger partial charge in [0.25, 0.3) is 0 Å². The van der Waals surface area contributed by atoms with Crippen LogP contribution in [-0.4, -0.2) is 11.7 Å². The second-order valence-corrected chi connectivity index (χ2v) is 3.22. The fraction of sp³-hybridized carbons (Fsp3) is 0.333. The van der Waals surface area contributed by atoms with Gasteiger partial charge in [-0.1, -0.05) is 23.7 Å². The highest BCUT2D eigenvalue weighted by Gasteiger charge is 2.20. The maximum Gasteiger partial charge on any atom is 0.143 e. The van der Waals surface area contributed by atoms with Gasteiger partial charge in [-0.3, -0.25) is 0 Å². The van der Waals surface area contributed by atoms with Crippen LogP contribution in [0.3, 0.4) is 0 Å². The summed E-state index contributed by atoms with van der Waals surface area (Å²) in [4.78, 5) is 0. The van der Waals surface area contributed by atoms with Crippen molar-refractivity contribution < 1.29 is 9.84 Å². The Labute approximate surface area is 75.7 Å². The third-order valence-electron chi connectivity index (χ3n) is 1.99. The third kappa shape index (κ3) is 1.17. The van der Waals surface area contributed by atoms with E-state index in [4.69, 9.17) is 16.3 Å². The van der Waals surface area contributed by atoms with Crippen molar-refractivity contribution in [1.82, 2.24) is 0 Å². The van der Waals surface area contributed by atoms with Gasteiger partial charge in [0.15, 0.2) is 0 Å². The molecule has 1 heterocycles. The molecule has 1 aromatic rings. The molecule has 0 amide bonds. The minimum atomic E-state index is -0.424. The van der Waals surface area contributed by atoms with Crippen LogP contribution < -0.4 is 4.74 Å². The van der Waals surface area contributed by atoms with Crippen LogP contribution in [0.1, 0.15) is 18.1 Å². The lowest BCUT2D eigenvalue weighted by atomic mass is 10.0. The molecular formula is C9H9ClO2. The molecule has 0 saturated carbocycles. The maximum absolute atomic E-state index is 9.55. The zero-order chi connectivity index (χ0) is 8.55. The van der Waals surface area contributed by atoms with Crippen LogP contribution in [0.5, 0.6) is 5.75 Å². The Hall–Kier alpha value is -0.730. The summed E-state index contributed by atoms with van der Waals surface area (Å²) >= 11 is 5.87. The quantitative estimate of drug-likeness (QED) is 0.670. The Balaban J connectivity index is 2.52. The summed E-state index contributed by atoms with van der Waals surface area (Å²) in [5, 5.41) is 10.1. The standard InChI is InChI=1S/C9H9ClO2/c10-7-3-1-2-6-8(11)4-5-12-9(6)7/h1-3,8,11H,4-5H2/t8-/m0/s1. The van der Waals surface area contributed by atoms with E-state index >= 15 is 0 Å². The highest BCUT2D eigenvalue weighted by molar-refractivity contribution is 6.32. The monoisotopic (exact) mass is 184 g/mol. The van der Waals surface area contributed by atoms with E-state index in [1.165, 1.54) is 0 Å². The molecule has 1 atom stereocenters. The molecule has 0 radical (unpaired) electrons. The Morgan fingerprint density at radius 1 is 1.50 bits per heavy atom. The van der Waals surface area contributed by atoms with Crippen molar-refractivity contribution in [2.24, 2.45) is 0 Å². The minimum Gasteiger partial charge on any atom is -0.492 e. The molecule has 2 nitrogen and oxygen atoms in total. The van der Waals surface area contributed by atoms with Crippen molar-refractivity contribution in [3.8, 4) is 5.75 Å². The number of benzene rings is 1. The summed E-state index contributed by atoms with van der Waals surface area (Å²) in [6.07, 6.45) is 0.223. The molecule has 1 N–H and O–H groups in total. The van der Waals surface area contributed by atoms with E-state index in [1.54, 1.807) is 6.07 Å². The van der Waals surface area contributed by atoms with Gasteiger partial charge in [-0.05, 0) is 6.07 Å². The first kappa shape index (κ1) is 7.90. The van der Waals surface area contributed by atoms with Crippen LogP contribution in [0.15, 0.2) is 18.2 Å². The Bertz CT molecular complexity index is 299. The first-order valence-electron chi connectivity index (χ1n) is 3.88. The van der Waals surface area contributed by atoms with E-state index < -0.39 is 6.10 Å². The van der Waals surface area contributed by atoms with Crippen LogP contribution >= 0.6 is 11.6 Å². The summed E-state index contributed by atoms with van der Waals surface area (Å²) in [7, 11) is 0. The highest BCUT2D eigenvalue weighted by atomic mass is 35.5.